The van der Waals surface area contributed by atoms with E-state index in [0.29, 0.717) is 0 Å². The molecular formula is C27H35N8O16P. The number of benzene rings is 1. The molecule has 0 saturated carbocycles. The average Bonchev–Trinajstić information content (AvgIpc) is 3.35. The maximum absolute atomic E-state index is 13.1. The molecule has 11 atom stereocenters. The van der Waals surface area contributed by atoms with Gasteiger partial charge in [-0.15, -0.1) is 0 Å². The maximum atomic E-state index is 13.1. The van der Waals surface area contributed by atoms with Crippen LogP contribution in [0.4, 0.5) is 11.5 Å². The van der Waals surface area contributed by atoms with Gasteiger partial charge in [0.2, 0.25) is 5.91 Å². The van der Waals surface area contributed by atoms with Crippen LogP contribution in [0.1, 0.15) is 29.9 Å². The molecule has 284 valence electrons. The normalized spacial score (nSPS) is 29.6. The molecule has 11 N–H and O–H groups in total. The Balaban J connectivity index is 1.48. The van der Waals surface area contributed by atoms with Gasteiger partial charge in [0.05, 0.1) is 24.9 Å². The Labute approximate surface area is 291 Å². The first kappa shape index (κ1) is 40.2. The van der Waals surface area contributed by atoms with Gasteiger partial charge in [-0.25, -0.2) is 18.7 Å². The second kappa shape index (κ2) is 16.4. The lowest BCUT2D eigenvalue weighted by molar-refractivity contribution is -0.288. The number of ether oxygens (including phenoxy) is 2. The highest BCUT2D eigenvalue weighted by Crippen LogP contribution is 2.51. The molecule has 2 amide bonds. The molecule has 1 aromatic heterocycles. The van der Waals surface area contributed by atoms with Gasteiger partial charge in [-0.05, 0) is 23.7 Å². The molecule has 0 aliphatic carbocycles. The number of nitrogen functional groups attached to an aromatic ring is 1. The molecule has 2 aromatic rings. The standard InChI is InChI=1S/C27H35N8O16P/c1-11(36)31-18-14(37)8-27(25(43)44,50-22(18)19(39)15(38)9-30-23(42)12-2-4-13(5-3-12)33-34-29)51-52(46,47)48-10-16-20(40)21(41)24(49-16)35-7-6-17(28)32-26(35)45/h2-7,14-16,18-22,24,37-41H,8-10H2,1H3,(H,30,42)(H,31,36)(H,43,44)(H,46,47)(H2,28,32,45)/t14?,15-,16-,18?,19-,20-,21-,22?,24?,27?/m1/s1. The number of aromatic nitrogens is 2. The fourth-order valence-corrected chi connectivity index (χ4v) is 6.32. The van der Waals surface area contributed by atoms with Crippen molar-refractivity contribution in [2.75, 3.05) is 18.9 Å². The monoisotopic (exact) mass is 758 g/mol. The number of aliphatic hydroxyl groups is 5. The summed E-state index contributed by atoms with van der Waals surface area (Å²) in [5.74, 6) is -7.14. The second-order valence-corrected chi connectivity index (χ2v) is 13.0. The lowest BCUT2D eigenvalue weighted by Gasteiger charge is -2.46. The van der Waals surface area contributed by atoms with Gasteiger partial charge in [0.1, 0.15) is 36.3 Å². The number of phosphoric acid groups is 1. The Morgan fingerprint density at radius 1 is 1.21 bits per heavy atom. The Hall–Kier alpha value is -4.55. The van der Waals surface area contributed by atoms with E-state index in [1.165, 1.54) is 30.3 Å². The lowest BCUT2D eigenvalue weighted by atomic mass is 9.88. The zero-order chi connectivity index (χ0) is 38.5. The smallest absolute Gasteiger partial charge is 0.475 e. The van der Waals surface area contributed by atoms with Gasteiger partial charge in [0, 0.05) is 42.2 Å². The number of carbonyl (C=O) groups excluding carboxylic acids is 2. The number of nitrogens with one attached hydrogen (secondary N) is 2. The summed E-state index contributed by atoms with van der Waals surface area (Å²) in [6, 6.07) is 4.79. The lowest BCUT2D eigenvalue weighted by Crippen LogP contribution is -2.68. The minimum atomic E-state index is -5.61. The van der Waals surface area contributed by atoms with Crippen LogP contribution in [-0.4, -0.2) is 131 Å². The van der Waals surface area contributed by atoms with Crippen molar-refractivity contribution >= 4 is 37.1 Å². The summed E-state index contributed by atoms with van der Waals surface area (Å²) in [7, 11) is -5.61. The summed E-state index contributed by atoms with van der Waals surface area (Å²) in [6.45, 7) is -0.754. The van der Waals surface area contributed by atoms with Gasteiger partial charge in [-0.2, -0.15) is 4.98 Å². The predicted octanol–water partition coefficient (Wildman–Crippen LogP) is -2.89. The average molecular weight is 759 g/mol. The Morgan fingerprint density at radius 3 is 2.48 bits per heavy atom. The number of aliphatic hydroxyl groups excluding tert-OH is 5. The molecular weight excluding hydrogens is 723 g/mol. The topological polar surface area (TPSA) is 381 Å². The van der Waals surface area contributed by atoms with Crippen LogP contribution < -0.4 is 22.1 Å². The Kier molecular flexibility index (Phi) is 12.7. The maximum Gasteiger partial charge on any atom is 0.475 e. The number of carboxylic acid groups (broad SMARTS) is 1. The van der Waals surface area contributed by atoms with E-state index in [1.54, 1.807) is 0 Å². The molecule has 25 heteroatoms. The number of rotatable bonds is 14. The molecule has 0 spiro atoms. The Morgan fingerprint density at radius 2 is 1.88 bits per heavy atom. The first-order valence-corrected chi connectivity index (χ1v) is 16.6. The van der Waals surface area contributed by atoms with E-state index >= 15 is 0 Å². The fourth-order valence-electron chi connectivity index (χ4n) is 5.36. The predicted molar refractivity (Wildman–Crippen MR) is 169 cm³/mol. The number of phosphoric ester groups is 1. The minimum absolute atomic E-state index is 0.0488. The highest BCUT2D eigenvalue weighted by Gasteiger charge is 2.59. The summed E-state index contributed by atoms with van der Waals surface area (Å²) in [6.07, 6.45) is -15.1. The molecule has 3 heterocycles. The molecule has 0 radical (unpaired) electrons. The van der Waals surface area contributed by atoms with Gasteiger partial charge < -0.3 is 61.4 Å². The number of aliphatic carboxylic acids is 1. The van der Waals surface area contributed by atoms with Crippen LogP contribution in [0.25, 0.3) is 10.4 Å². The van der Waals surface area contributed by atoms with Gasteiger partial charge >= 0.3 is 19.5 Å². The van der Waals surface area contributed by atoms with Gasteiger partial charge in [-0.1, -0.05) is 17.2 Å². The number of carboxylic acids is 1. The van der Waals surface area contributed by atoms with Crippen LogP contribution in [0, 0.1) is 0 Å². The molecule has 0 bridgehead atoms. The SMILES string of the molecule is CC(=O)NC1C(O)CC(OP(=O)(O)OC[C@H]2OC(n3ccc(N)nc3=O)[C@H](O)[C@@H]2O)(C(=O)O)OC1[C@H](O)[C@H](O)CNC(=O)c1ccc(N=[N+]=[N-])cc1. The summed E-state index contributed by atoms with van der Waals surface area (Å²) < 4.78 is 34.4. The van der Waals surface area contributed by atoms with Crippen molar-refractivity contribution in [2.24, 2.45) is 5.11 Å². The number of nitrogens with two attached hydrogens (primary N) is 1. The van der Waals surface area contributed by atoms with Crippen LogP contribution in [0.15, 0.2) is 46.4 Å². The number of azide groups is 1. The van der Waals surface area contributed by atoms with E-state index in [9.17, 15) is 59.3 Å². The van der Waals surface area contributed by atoms with E-state index < -0.39 is 112 Å². The quantitative estimate of drug-likeness (QED) is 0.0400. The van der Waals surface area contributed by atoms with Crippen LogP contribution in [0.3, 0.4) is 0 Å². The van der Waals surface area contributed by atoms with Crippen molar-refractivity contribution in [3.63, 3.8) is 0 Å². The zero-order valence-electron chi connectivity index (χ0n) is 26.8. The highest BCUT2D eigenvalue weighted by atomic mass is 31.2. The van der Waals surface area contributed by atoms with E-state index in [4.69, 9.17) is 29.8 Å². The van der Waals surface area contributed by atoms with Crippen LogP contribution in [0.5, 0.6) is 0 Å². The molecule has 24 nitrogen and oxygen atoms in total. The third kappa shape index (κ3) is 9.27. The second-order valence-electron chi connectivity index (χ2n) is 11.6. The van der Waals surface area contributed by atoms with E-state index in [2.05, 4.69) is 25.6 Å². The van der Waals surface area contributed by atoms with Crippen molar-refractivity contribution in [1.29, 1.82) is 0 Å². The summed E-state index contributed by atoms with van der Waals surface area (Å²) in [5, 5.41) is 71.5. The molecule has 52 heavy (non-hydrogen) atoms. The highest BCUT2D eigenvalue weighted by molar-refractivity contribution is 7.47. The third-order valence-corrected chi connectivity index (χ3v) is 8.89. The van der Waals surface area contributed by atoms with Crippen LogP contribution in [0.2, 0.25) is 0 Å². The largest absolute Gasteiger partial charge is 0.477 e. The molecule has 2 fully saturated rings. The van der Waals surface area contributed by atoms with Crippen LogP contribution in [-0.2, 0) is 32.7 Å². The summed E-state index contributed by atoms with van der Waals surface area (Å²) >= 11 is 0. The van der Waals surface area contributed by atoms with E-state index in [-0.39, 0.29) is 17.1 Å². The Bertz CT molecular complexity index is 1790. The van der Waals surface area contributed by atoms with Gasteiger partial charge in [0.25, 0.3) is 11.7 Å². The number of amides is 2. The summed E-state index contributed by atoms with van der Waals surface area (Å²) in [5.41, 5.74) is 13.2. The number of anilines is 1. The van der Waals surface area contributed by atoms with Crippen molar-refractivity contribution in [1.82, 2.24) is 20.2 Å². The van der Waals surface area contributed by atoms with E-state index in [0.717, 1.165) is 17.7 Å². The van der Waals surface area contributed by atoms with Crippen LogP contribution >= 0.6 is 7.82 Å². The molecule has 2 aliphatic rings. The molecule has 6 unspecified atom stereocenters. The molecule has 1 aromatic carbocycles. The number of hydrogen-bond donors (Lipinski definition) is 10. The number of nitrogens with zero attached hydrogens (tertiary/aromatic N) is 5. The fraction of sp³-hybridized carbons (Fsp3) is 0.519. The first-order chi connectivity index (χ1) is 24.4. The molecule has 4 rings (SSSR count). The first-order valence-electron chi connectivity index (χ1n) is 15.1. The summed E-state index contributed by atoms with van der Waals surface area (Å²) in [4.78, 5) is 65.8. The molecule has 2 saturated heterocycles. The number of hydrogen-bond acceptors (Lipinski definition) is 17. The van der Waals surface area contributed by atoms with Crippen molar-refractivity contribution in [3.05, 3.63) is 63.0 Å². The van der Waals surface area contributed by atoms with Gasteiger partial charge in [-0.3, -0.25) is 18.7 Å². The van der Waals surface area contributed by atoms with Crippen molar-refractivity contribution < 1.29 is 73.0 Å². The van der Waals surface area contributed by atoms with Gasteiger partial charge in [0.15, 0.2) is 6.23 Å². The van der Waals surface area contributed by atoms with Crippen molar-refractivity contribution in [2.45, 2.75) is 74.1 Å². The van der Waals surface area contributed by atoms with E-state index in [1.807, 2.05) is 0 Å². The minimum Gasteiger partial charge on any atom is -0.477 e. The third-order valence-electron chi connectivity index (χ3n) is 7.89. The number of carbonyl (C=O) groups is 3. The molecule has 2 aliphatic heterocycles. The van der Waals surface area contributed by atoms with Crippen molar-refractivity contribution in [3.8, 4) is 0 Å². The zero-order valence-corrected chi connectivity index (χ0v) is 27.7.